The van der Waals surface area contributed by atoms with Crippen LogP contribution in [0.25, 0.3) is 0 Å². The fourth-order valence-electron chi connectivity index (χ4n) is 2.98. The van der Waals surface area contributed by atoms with Crippen LogP contribution < -0.4 is 10.6 Å². The quantitative estimate of drug-likeness (QED) is 0.883. The van der Waals surface area contributed by atoms with Crippen molar-refractivity contribution in [2.24, 2.45) is 5.92 Å². The van der Waals surface area contributed by atoms with Gasteiger partial charge >= 0.3 is 0 Å². The van der Waals surface area contributed by atoms with Crippen LogP contribution in [0.4, 0.5) is 5.69 Å². The van der Waals surface area contributed by atoms with Crippen molar-refractivity contribution in [2.45, 2.75) is 52.5 Å². The van der Waals surface area contributed by atoms with E-state index in [9.17, 15) is 4.79 Å². The first-order valence-electron chi connectivity index (χ1n) is 7.67. The lowest BCUT2D eigenvalue weighted by Gasteiger charge is -2.29. The summed E-state index contributed by atoms with van der Waals surface area (Å²) in [4.78, 5) is 12.0. The van der Waals surface area contributed by atoms with Gasteiger partial charge in [0.15, 0.2) is 0 Å². The summed E-state index contributed by atoms with van der Waals surface area (Å²) in [6, 6.07) is 6.60. The minimum atomic E-state index is 0.101. The molecule has 110 valence electrons. The Morgan fingerprint density at radius 3 is 2.70 bits per heavy atom. The third-order valence-electron chi connectivity index (χ3n) is 4.28. The third kappa shape index (κ3) is 3.99. The molecule has 0 saturated heterocycles. The minimum absolute atomic E-state index is 0.101. The van der Waals surface area contributed by atoms with Gasteiger partial charge in [0, 0.05) is 11.7 Å². The first-order valence-corrected chi connectivity index (χ1v) is 7.67. The Labute approximate surface area is 122 Å². The summed E-state index contributed by atoms with van der Waals surface area (Å²) in [6.07, 6.45) is 4.89. The molecule has 2 unspecified atom stereocenters. The second-order valence-corrected chi connectivity index (χ2v) is 6.11. The van der Waals surface area contributed by atoms with E-state index in [1.165, 1.54) is 30.4 Å². The van der Waals surface area contributed by atoms with Gasteiger partial charge in [0.25, 0.3) is 0 Å². The van der Waals surface area contributed by atoms with E-state index in [2.05, 4.69) is 43.5 Å². The minimum Gasteiger partial charge on any atom is -0.376 e. The normalized spacial score (nSPS) is 22.4. The maximum atomic E-state index is 12.0. The average Bonchev–Trinajstić information content (AvgIpc) is 2.40. The highest BCUT2D eigenvalue weighted by Gasteiger charge is 2.22. The van der Waals surface area contributed by atoms with Crippen molar-refractivity contribution in [2.75, 3.05) is 11.9 Å². The number of aryl methyl sites for hydroxylation is 2. The molecule has 1 saturated carbocycles. The molecule has 0 aromatic heterocycles. The molecule has 0 spiro atoms. The smallest absolute Gasteiger partial charge is 0.239 e. The second-order valence-electron chi connectivity index (χ2n) is 6.11. The summed E-state index contributed by atoms with van der Waals surface area (Å²) < 4.78 is 0. The van der Waals surface area contributed by atoms with Gasteiger partial charge in [-0.05, 0) is 44.2 Å². The van der Waals surface area contributed by atoms with Crippen molar-refractivity contribution in [3.05, 3.63) is 29.3 Å². The Morgan fingerprint density at radius 2 is 2.00 bits per heavy atom. The fourth-order valence-corrected chi connectivity index (χ4v) is 2.98. The third-order valence-corrected chi connectivity index (χ3v) is 4.28. The zero-order chi connectivity index (χ0) is 14.5. The van der Waals surface area contributed by atoms with E-state index >= 15 is 0 Å². The fraction of sp³-hybridized carbons (Fsp3) is 0.588. The Bertz CT molecular complexity index is 470. The number of nitrogens with one attached hydrogen (secondary N) is 2. The zero-order valence-electron chi connectivity index (χ0n) is 12.8. The molecule has 3 nitrogen and oxygen atoms in total. The first kappa shape index (κ1) is 14.9. The van der Waals surface area contributed by atoms with E-state index in [1.807, 2.05) is 6.07 Å². The summed E-state index contributed by atoms with van der Waals surface area (Å²) in [6.45, 7) is 6.74. The molecule has 20 heavy (non-hydrogen) atoms. The predicted octanol–water partition coefficient (Wildman–Crippen LogP) is 3.41. The number of hydrogen-bond acceptors (Lipinski definition) is 2. The molecule has 1 fully saturated rings. The summed E-state index contributed by atoms with van der Waals surface area (Å²) in [5.41, 5.74) is 3.47. The van der Waals surface area contributed by atoms with Gasteiger partial charge in [0.2, 0.25) is 5.91 Å². The van der Waals surface area contributed by atoms with Crippen molar-refractivity contribution in [1.29, 1.82) is 0 Å². The highest BCUT2D eigenvalue weighted by Crippen LogP contribution is 2.23. The number of anilines is 1. The van der Waals surface area contributed by atoms with Crippen molar-refractivity contribution in [1.82, 2.24) is 5.32 Å². The molecule has 1 amide bonds. The zero-order valence-corrected chi connectivity index (χ0v) is 12.8. The molecular formula is C17H26N2O. The van der Waals surface area contributed by atoms with E-state index in [0.29, 0.717) is 18.5 Å². The molecular weight excluding hydrogens is 248 g/mol. The van der Waals surface area contributed by atoms with E-state index in [-0.39, 0.29) is 5.91 Å². The topological polar surface area (TPSA) is 41.1 Å². The predicted molar refractivity (Wildman–Crippen MR) is 84.0 cm³/mol. The number of rotatable bonds is 4. The van der Waals surface area contributed by atoms with Crippen LogP contribution in [0, 0.1) is 19.8 Å². The molecule has 2 atom stereocenters. The van der Waals surface area contributed by atoms with Gasteiger partial charge in [-0.1, -0.05) is 37.5 Å². The monoisotopic (exact) mass is 274 g/mol. The molecule has 0 bridgehead atoms. The van der Waals surface area contributed by atoms with E-state index < -0.39 is 0 Å². The van der Waals surface area contributed by atoms with Crippen LogP contribution in [-0.2, 0) is 4.79 Å². The Hall–Kier alpha value is -1.51. The van der Waals surface area contributed by atoms with Crippen LogP contribution in [-0.4, -0.2) is 18.5 Å². The SMILES string of the molecule is Cc1ccc(NCC(=O)NC2CCCCC2C)c(C)c1. The summed E-state index contributed by atoms with van der Waals surface area (Å²) in [7, 11) is 0. The molecule has 0 radical (unpaired) electrons. The van der Waals surface area contributed by atoms with E-state index in [4.69, 9.17) is 0 Å². The Morgan fingerprint density at radius 1 is 1.25 bits per heavy atom. The lowest BCUT2D eigenvalue weighted by Crippen LogP contribution is -2.43. The van der Waals surface area contributed by atoms with Gasteiger partial charge in [-0.15, -0.1) is 0 Å². The molecule has 2 rings (SSSR count). The van der Waals surface area contributed by atoms with Crippen LogP contribution in [0.1, 0.15) is 43.7 Å². The molecule has 0 aliphatic heterocycles. The van der Waals surface area contributed by atoms with Gasteiger partial charge in [-0.2, -0.15) is 0 Å². The number of benzene rings is 1. The summed E-state index contributed by atoms with van der Waals surface area (Å²) in [5.74, 6) is 0.706. The van der Waals surface area contributed by atoms with Crippen LogP contribution in [0.2, 0.25) is 0 Å². The molecule has 1 aromatic carbocycles. The van der Waals surface area contributed by atoms with Crippen LogP contribution in [0.3, 0.4) is 0 Å². The van der Waals surface area contributed by atoms with E-state index in [1.54, 1.807) is 0 Å². The van der Waals surface area contributed by atoms with Crippen molar-refractivity contribution < 1.29 is 4.79 Å². The van der Waals surface area contributed by atoms with Gasteiger partial charge in [-0.3, -0.25) is 4.79 Å². The molecule has 0 heterocycles. The largest absolute Gasteiger partial charge is 0.376 e. The number of amides is 1. The van der Waals surface area contributed by atoms with Crippen LogP contribution >= 0.6 is 0 Å². The lowest BCUT2D eigenvalue weighted by atomic mass is 9.86. The average molecular weight is 274 g/mol. The van der Waals surface area contributed by atoms with Crippen molar-refractivity contribution in [3.63, 3.8) is 0 Å². The first-order chi connectivity index (χ1) is 9.56. The Kier molecular flexibility index (Phi) is 5.05. The Balaban J connectivity index is 1.82. The van der Waals surface area contributed by atoms with E-state index in [0.717, 1.165) is 12.1 Å². The molecule has 2 N–H and O–H groups in total. The van der Waals surface area contributed by atoms with Gasteiger partial charge in [-0.25, -0.2) is 0 Å². The standard InChI is InChI=1S/C17H26N2O/c1-12-8-9-15(14(3)10-12)18-11-17(20)19-16-7-5-4-6-13(16)2/h8-10,13,16,18H,4-7,11H2,1-3H3,(H,19,20). The maximum Gasteiger partial charge on any atom is 0.239 e. The molecule has 1 aromatic rings. The number of hydrogen-bond donors (Lipinski definition) is 2. The second kappa shape index (κ2) is 6.78. The molecule has 1 aliphatic rings. The van der Waals surface area contributed by atoms with Crippen LogP contribution in [0.15, 0.2) is 18.2 Å². The highest BCUT2D eigenvalue weighted by atomic mass is 16.1. The highest BCUT2D eigenvalue weighted by molar-refractivity contribution is 5.81. The van der Waals surface area contributed by atoms with Gasteiger partial charge in [0.1, 0.15) is 0 Å². The number of carbonyl (C=O) groups excluding carboxylic acids is 1. The number of carbonyl (C=O) groups is 1. The van der Waals surface area contributed by atoms with Crippen molar-refractivity contribution in [3.8, 4) is 0 Å². The lowest BCUT2D eigenvalue weighted by molar-refractivity contribution is -0.120. The molecule has 3 heteroatoms. The molecule has 1 aliphatic carbocycles. The summed E-state index contributed by atoms with van der Waals surface area (Å²) >= 11 is 0. The maximum absolute atomic E-state index is 12.0. The van der Waals surface area contributed by atoms with Gasteiger partial charge in [0.05, 0.1) is 6.54 Å². The van der Waals surface area contributed by atoms with Crippen LogP contribution in [0.5, 0.6) is 0 Å². The van der Waals surface area contributed by atoms with Crippen molar-refractivity contribution >= 4 is 11.6 Å². The van der Waals surface area contributed by atoms with Gasteiger partial charge < -0.3 is 10.6 Å². The summed E-state index contributed by atoms with van der Waals surface area (Å²) in [5, 5.41) is 6.40.